The van der Waals surface area contributed by atoms with E-state index in [-0.39, 0.29) is 29.9 Å². The zero-order valence-electron chi connectivity index (χ0n) is 13.5. The molecule has 0 aromatic heterocycles. The van der Waals surface area contributed by atoms with Gasteiger partial charge in [0.25, 0.3) is 0 Å². The highest BCUT2D eigenvalue weighted by Gasteiger charge is 2.21. The molecule has 6 heteroatoms. The number of hydrogen-bond donors (Lipinski definition) is 2. The first-order valence-electron chi connectivity index (χ1n) is 7.77. The minimum atomic E-state index is 0. The second-order valence-corrected chi connectivity index (χ2v) is 5.18. The zero-order chi connectivity index (χ0) is 15.8. The average molecular weight is 428 g/mol. The van der Waals surface area contributed by atoms with Crippen LogP contribution in [-0.2, 0) is 11.3 Å². The molecule has 2 N–H and O–H groups in total. The van der Waals surface area contributed by atoms with E-state index < -0.39 is 0 Å². The fourth-order valence-corrected chi connectivity index (χ4v) is 2.38. The molecule has 1 fully saturated rings. The maximum atomic E-state index is 11.7. The normalized spacial score (nSPS) is 14.4. The third-order valence-corrected chi connectivity index (χ3v) is 3.50. The lowest BCUT2D eigenvalue weighted by molar-refractivity contribution is -0.117. The van der Waals surface area contributed by atoms with Gasteiger partial charge >= 0.3 is 0 Å². The third-order valence-electron chi connectivity index (χ3n) is 3.50. The number of carbonyl (C=O) groups excluding carboxylic acids is 1. The molecule has 0 radical (unpaired) electrons. The lowest BCUT2D eigenvalue weighted by Gasteiger charge is -2.15. The maximum absolute atomic E-state index is 11.7. The number of guanidine groups is 1. The van der Waals surface area contributed by atoms with Crippen molar-refractivity contribution in [3.8, 4) is 0 Å². The van der Waals surface area contributed by atoms with E-state index in [1.807, 2.05) is 36.1 Å². The van der Waals surface area contributed by atoms with Crippen LogP contribution in [0.2, 0.25) is 0 Å². The van der Waals surface area contributed by atoms with Crippen LogP contribution in [0.4, 0.5) is 5.69 Å². The van der Waals surface area contributed by atoms with Crippen molar-refractivity contribution in [3.63, 3.8) is 0 Å². The van der Waals surface area contributed by atoms with Gasteiger partial charge in [-0.05, 0) is 31.0 Å². The van der Waals surface area contributed by atoms with E-state index in [2.05, 4.69) is 22.2 Å². The number of anilines is 1. The molecule has 0 aliphatic carbocycles. The third kappa shape index (κ3) is 5.85. The molecule has 23 heavy (non-hydrogen) atoms. The number of rotatable bonds is 6. The van der Waals surface area contributed by atoms with E-state index in [9.17, 15) is 4.79 Å². The molecule has 1 aromatic rings. The van der Waals surface area contributed by atoms with Gasteiger partial charge in [-0.2, -0.15) is 0 Å². The van der Waals surface area contributed by atoms with Crippen molar-refractivity contribution < 1.29 is 4.79 Å². The van der Waals surface area contributed by atoms with Crippen molar-refractivity contribution in [1.29, 1.82) is 0 Å². The molecule has 0 atom stereocenters. The summed E-state index contributed by atoms with van der Waals surface area (Å²) in [4.78, 5) is 18.1. The van der Waals surface area contributed by atoms with Crippen molar-refractivity contribution in [1.82, 2.24) is 10.6 Å². The first-order chi connectivity index (χ1) is 10.7. The van der Waals surface area contributed by atoms with Gasteiger partial charge in [0.2, 0.25) is 5.91 Å². The Morgan fingerprint density at radius 3 is 2.65 bits per heavy atom. The first kappa shape index (κ1) is 19.5. The molecule has 1 saturated heterocycles. The van der Waals surface area contributed by atoms with E-state index in [0.29, 0.717) is 19.5 Å². The van der Waals surface area contributed by atoms with Crippen molar-refractivity contribution in [2.45, 2.75) is 26.3 Å². The number of aliphatic imine (C=N–C) groups is 1. The smallest absolute Gasteiger partial charge is 0.227 e. The minimum Gasteiger partial charge on any atom is -0.357 e. The number of benzene rings is 1. The largest absolute Gasteiger partial charge is 0.357 e. The number of nitrogens with one attached hydrogen (secondary N) is 2. The highest BCUT2D eigenvalue weighted by molar-refractivity contribution is 14.0. The lowest BCUT2D eigenvalue weighted by Crippen LogP contribution is -2.37. The molecule has 0 bridgehead atoms. The molecule has 1 aliphatic heterocycles. The summed E-state index contributed by atoms with van der Waals surface area (Å²) in [6.45, 7) is 8.65. The van der Waals surface area contributed by atoms with Crippen molar-refractivity contribution in [2.24, 2.45) is 4.99 Å². The number of amides is 1. The Hall–Kier alpha value is -1.57. The van der Waals surface area contributed by atoms with Crippen LogP contribution in [-0.4, -0.2) is 31.5 Å². The van der Waals surface area contributed by atoms with Gasteiger partial charge in [-0.25, -0.2) is 4.99 Å². The monoisotopic (exact) mass is 428 g/mol. The van der Waals surface area contributed by atoms with Crippen LogP contribution in [0.25, 0.3) is 0 Å². The summed E-state index contributed by atoms with van der Waals surface area (Å²) in [5, 5.41) is 6.36. The van der Waals surface area contributed by atoms with E-state index in [4.69, 9.17) is 0 Å². The fourth-order valence-electron chi connectivity index (χ4n) is 2.38. The molecule has 5 nitrogen and oxygen atoms in total. The topological polar surface area (TPSA) is 56.7 Å². The van der Waals surface area contributed by atoms with Gasteiger partial charge in [-0.1, -0.05) is 18.2 Å². The summed E-state index contributed by atoms with van der Waals surface area (Å²) < 4.78 is 0. The Balaban J connectivity index is 0.00000264. The van der Waals surface area contributed by atoms with E-state index >= 15 is 0 Å². The number of nitrogens with zero attached hydrogens (tertiary/aromatic N) is 2. The molecule has 2 rings (SSSR count). The predicted molar refractivity (Wildman–Crippen MR) is 106 cm³/mol. The number of hydrogen-bond acceptors (Lipinski definition) is 2. The summed E-state index contributed by atoms with van der Waals surface area (Å²) >= 11 is 0. The summed E-state index contributed by atoms with van der Waals surface area (Å²) in [5.41, 5.74) is 2.10. The van der Waals surface area contributed by atoms with Crippen LogP contribution in [0.3, 0.4) is 0 Å². The Morgan fingerprint density at radius 2 is 2.09 bits per heavy atom. The second-order valence-electron chi connectivity index (χ2n) is 5.18. The highest BCUT2D eigenvalue weighted by Crippen LogP contribution is 2.21. The molecule has 1 aromatic carbocycles. The van der Waals surface area contributed by atoms with Gasteiger partial charge < -0.3 is 15.5 Å². The van der Waals surface area contributed by atoms with Crippen molar-refractivity contribution in [2.75, 3.05) is 24.5 Å². The van der Waals surface area contributed by atoms with Gasteiger partial charge in [0.15, 0.2) is 5.96 Å². The summed E-state index contributed by atoms with van der Waals surface area (Å²) in [5.74, 6) is 0.995. The van der Waals surface area contributed by atoms with E-state index in [1.54, 1.807) is 6.08 Å². The Labute approximate surface area is 155 Å². The Morgan fingerprint density at radius 1 is 1.35 bits per heavy atom. The van der Waals surface area contributed by atoms with Crippen LogP contribution < -0.4 is 15.5 Å². The van der Waals surface area contributed by atoms with E-state index in [0.717, 1.165) is 36.7 Å². The molecular formula is C17H25IN4O. The Bertz CT molecular complexity index is 542. The van der Waals surface area contributed by atoms with Crippen LogP contribution >= 0.6 is 24.0 Å². The van der Waals surface area contributed by atoms with Gasteiger partial charge in [0.1, 0.15) is 0 Å². The molecule has 0 spiro atoms. The SMILES string of the molecule is C=CCNC(=NCc1ccc(N2CCCC2=O)cc1)NCC.I. The standard InChI is InChI=1S/C17H24N4O.HI/c1-3-11-19-17(18-4-2)20-13-14-7-9-15(10-8-14)21-12-5-6-16(21)22;/h3,7-10H,1,4-6,11-13H2,2H3,(H2,18,19,20);1H. The fraction of sp³-hybridized carbons (Fsp3) is 0.412. The highest BCUT2D eigenvalue weighted by atomic mass is 127. The van der Waals surface area contributed by atoms with Gasteiger partial charge in [0.05, 0.1) is 6.54 Å². The summed E-state index contributed by atoms with van der Waals surface area (Å²) in [6, 6.07) is 8.05. The average Bonchev–Trinajstić information content (AvgIpc) is 2.97. The maximum Gasteiger partial charge on any atom is 0.227 e. The van der Waals surface area contributed by atoms with Crippen LogP contribution in [0.1, 0.15) is 25.3 Å². The molecule has 1 aliphatic rings. The number of halogens is 1. The Kier molecular flexibility index (Phi) is 8.68. The first-order valence-corrected chi connectivity index (χ1v) is 7.77. The minimum absolute atomic E-state index is 0. The van der Waals surface area contributed by atoms with Crippen LogP contribution in [0.5, 0.6) is 0 Å². The van der Waals surface area contributed by atoms with Crippen molar-refractivity contribution in [3.05, 3.63) is 42.5 Å². The number of carbonyl (C=O) groups is 1. The van der Waals surface area contributed by atoms with Crippen molar-refractivity contribution >= 4 is 41.5 Å². The van der Waals surface area contributed by atoms with E-state index in [1.165, 1.54) is 0 Å². The molecule has 1 amide bonds. The quantitative estimate of drug-likeness (QED) is 0.317. The molecule has 0 unspecified atom stereocenters. The van der Waals surface area contributed by atoms with Gasteiger partial charge in [0, 0.05) is 31.7 Å². The lowest BCUT2D eigenvalue weighted by atomic mass is 10.2. The van der Waals surface area contributed by atoms with Gasteiger partial charge in [-0.3, -0.25) is 4.79 Å². The van der Waals surface area contributed by atoms with Crippen LogP contribution in [0, 0.1) is 0 Å². The van der Waals surface area contributed by atoms with Gasteiger partial charge in [-0.15, -0.1) is 30.6 Å². The second kappa shape index (κ2) is 10.3. The molecule has 1 heterocycles. The molecule has 0 saturated carbocycles. The van der Waals surface area contributed by atoms with Crippen LogP contribution in [0.15, 0.2) is 41.9 Å². The predicted octanol–water partition coefficient (Wildman–Crippen LogP) is 2.67. The molecule has 126 valence electrons. The summed E-state index contributed by atoms with van der Waals surface area (Å²) in [7, 11) is 0. The molecular weight excluding hydrogens is 403 g/mol. The zero-order valence-corrected chi connectivity index (χ0v) is 15.9. The summed E-state index contributed by atoms with van der Waals surface area (Å²) in [6.07, 6.45) is 3.41.